The van der Waals surface area contributed by atoms with Crippen LogP contribution in [0.2, 0.25) is 0 Å². The van der Waals surface area contributed by atoms with Gasteiger partial charge in [-0.2, -0.15) is 0 Å². The molecule has 0 saturated carbocycles. The molecule has 0 unspecified atom stereocenters. The molecule has 0 saturated heterocycles. The summed E-state index contributed by atoms with van der Waals surface area (Å²) < 4.78 is 11.3. The highest BCUT2D eigenvalue weighted by Gasteiger charge is 2.32. The molecule has 0 fully saturated rings. The summed E-state index contributed by atoms with van der Waals surface area (Å²) in [5.41, 5.74) is 3.85. The van der Waals surface area contributed by atoms with Gasteiger partial charge in [0, 0.05) is 11.1 Å². The van der Waals surface area contributed by atoms with Crippen LogP contribution in [0.15, 0.2) is 42.0 Å². The summed E-state index contributed by atoms with van der Waals surface area (Å²) in [6, 6.07) is 6.96. The van der Waals surface area contributed by atoms with E-state index in [1.807, 2.05) is 58.1 Å². The molecule has 2 aromatic rings. The Kier molecular flexibility index (Phi) is 6.44. The maximum absolute atomic E-state index is 12.7. The van der Waals surface area contributed by atoms with Gasteiger partial charge >= 0.3 is 5.97 Å². The first-order chi connectivity index (χ1) is 14.6. The van der Waals surface area contributed by atoms with E-state index in [-0.39, 0.29) is 17.1 Å². The number of methoxy groups -OCH3 is 1. The van der Waals surface area contributed by atoms with E-state index < -0.39 is 11.6 Å². The number of esters is 1. The quantitative estimate of drug-likeness (QED) is 0.484. The number of benzene rings is 2. The molecule has 164 valence electrons. The molecule has 2 N–H and O–H groups in total. The van der Waals surface area contributed by atoms with Crippen molar-refractivity contribution in [3.05, 3.63) is 69.8 Å². The highest BCUT2D eigenvalue weighted by molar-refractivity contribution is 5.97. The molecular weight excluding hydrogens is 392 g/mol. The zero-order valence-corrected chi connectivity index (χ0v) is 18.8. The Morgan fingerprint density at radius 3 is 2.39 bits per heavy atom. The zero-order chi connectivity index (χ0) is 22.8. The maximum atomic E-state index is 12.7. The van der Waals surface area contributed by atoms with Crippen molar-refractivity contribution in [3.63, 3.8) is 0 Å². The molecule has 5 nitrogen and oxygen atoms in total. The van der Waals surface area contributed by atoms with Crippen molar-refractivity contribution in [2.24, 2.45) is 0 Å². The molecule has 1 heterocycles. The van der Waals surface area contributed by atoms with Gasteiger partial charge in [-0.1, -0.05) is 29.9 Å². The molecule has 0 aliphatic carbocycles. The molecule has 2 aromatic carbocycles. The van der Waals surface area contributed by atoms with Crippen LogP contribution in [-0.4, -0.2) is 28.9 Å². The number of aryl methyl sites for hydroxylation is 1. The fraction of sp³-hybridized carbons (Fsp3) is 0.346. The Labute approximate surface area is 183 Å². The summed E-state index contributed by atoms with van der Waals surface area (Å²) in [7, 11) is 1.32. The smallest absolute Gasteiger partial charge is 0.341 e. The predicted molar refractivity (Wildman–Crippen MR) is 122 cm³/mol. The first-order valence-electron chi connectivity index (χ1n) is 10.4. The standard InChI is InChI=1S/C26H30O5/c1-16(2)6-12-21-23(28)22(25(29)30-5)19(13-9-17-7-10-18(27)11-8-17)20-14-15-26(3,4)31-24(20)21/h6-8,10-11,14-15,27-28H,9,12-13H2,1-5H3. The number of carbonyl (C=O) groups excluding carboxylic acids is 1. The van der Waals surface area contributed by atoms with Crippen molar-refractivity contribution in [2.45, 2.75) is 52.6 Å². The summed E-state index contributed by atoms with van der Waals surface area (Å²) in [6.45, 7) is 7.89. The van der Waals surface area contributed by atoms with E-state index in [0.29, 0.717) is 36.1 Å². The lowest BCUT2D eigenvalue weighted by Gasteiger charge is -2.32. The third-order valence-electron chi connectivity index (χ3n) is 5.39. The lowest BCUT2D eigenvalue weighted by molar-refractivity contribution is 0.0595. The average molecular weight is 423 g/mol. The monoisotopic (exact) mass is 422 g/mol. The molecule has 0 bridgehead atoms. The van der Waals surface area contributed by atoms with E-state index in [4.69, 9.17) is 9.47 Å². The van der Waals surface area contributed by atoms with Crippen molar-refractivity contribution in [2.75, 3.05) is 7.11 Å². The molecule has 1 aliphatic heterocycles. The van der Waals surface area contributed by atoms with Crippen molar-refractivity contribution in [3.8, 4) is 17.2 Å². The van der Waals surface area contributed by atoms with Crippen LogP contribution in [0.1, 0.15) is 60.3 Å². The second kappa shape index (κ2) is 8.88. The lowest BCUT2D eigenvalue weighted by Crippen LogP contribution is -2.29. The minimum atomic E-state index is -0.572. The fourth-order valence-electron chi connectivity index (χ4n) is 3.72. The molecular formula is C26H30O5. The Hall–Kier alpha value is -3.21. The second-order valence-corrected chi connectivity index (χ2v) is 8.61. The molecule has 5 heteroatoms. The molecule has 0 radical (unpaired) electrons. The topological polar surface area (TPSA) is 76.0 Å². The van der Waals surface area contributed by atoms with Gasteiger partial charge in [0.05, 0.1) is 7.11 Å². The third-order valence-corrected chi connectivity index (χ3v) is 5.39. The number of rotatable bonds is 6. The van der Waals surface area contributed by atoms with Crippen LogP contribution in [0.5, 0.6) is 17.2 Å². The highest BCUT2D eigenvalue weighted by atomic mass is 16.5. The Morgan fingerprint density at radius 1 is 1.10 bits per heavy atom. The van der Waals surface area contributed by atoms with E-state index in [1.165, 1.54) is 7.11 Å². The number of allylic oxidation sites excluding steroid dienone is 2. The van der Waals surface area contributed by atoms with Gasteiger partial charge in [-0.15, -0.1) is 0 Å². The summed E-state index contributed by atoms with van der Waals surface area (Å²) in [5.74, 6) is 0.152. The number of hydrogen-bond acceptors (Lipinski definition) is 5. The number of carbonyl (C=O) groups is 1. The van der Waals surface area contributed by atoms with E-state index in [1.54, 1.807) is 12.1 Å². The molecule has 0 atom stereocenters. The van der Waals surface area contributed by atoms with Gasteiger partial charge in [-0.05, 0) is 76.3 Å². The number of phenolic OH excluding ortho intramolecular Hbond substituents is 2. The SMILES string of the molecule is COC(=O)c1c(O)c(CC=C(C)C)c2c(c1CCc1ccc(O)cc1)C=CC(C)(C)O2. The molecule has 0 spiro atoms. The second-order valence-electron chi connectivity index (χ2n) is 8.61. The van der Waals surface area contributed by atoms with Crippen LogP contribution < -0.4 is 4.74 Å². The largest absolute Gasteiger partial charge is 0.508 e. The van der Waals surface area contributed by atoms with Crippen molar-refractivity contribution < 1.29 is 24.5 Å². The van der Waals surface area contributed by atoms with Crippen LogP contribution in [0.3, 0.4) is 0 Å². The molecule has 0 aromatic heterocycles. The number of ether oxygens (including phenoxy) is 2. The van der Waals surface area contributed by atoms with Crippen LogP contribution in [0.4, 0.5) is 0 Å². The Balaban J connectivity index is 2.17. The maximum Gasteiger partial charge on any atom is 0.341 e. The number of phenols is 2. The van der Waals surface area contributed by atoms with Crippen LogP contribution >= 0.6 is 0 Å². The van der Waals surface area contributed by atoms with Gasteiger partial charge in [-0.25, -0.2) is 4.79 Å². The predicted octanol–water partition coefficient (Wildman–Crippen LogP) is 5.36. The lowest BCUT2D eigenvalue weighted by atomic mass is 9.87. The summed E-state index contributed by atoms with van der Waals surface area (Å²) in [6.07, 6.45) is 7.51. The van der Waals surface area contributed by atoms with Crippen LogP contribution in [-0.2, 0) is 24.0 Å². The molecule has 0 amide bonds. The highest BCUT2D eigenvalue weighted by Crippen LogP contribution is 2.44. The van der Waals surface area contributed by atoms with Crippen LogP contribution in [0, 0.1) is 0 Å². The van der Waals surface area contributed by atoms with Crippen molar-refractivity contribution in [1.29, 1.82) is 0 Å². The van der Waals surface area contributed by atoms with E-state index in [9.17, 15) is 15.0 Å². The minimum absolute atomic E-state index is 0.0880. The number of aromatic hydroxyl groups is 2. The van der Waals surface area contributed by atoms with Gasteiger partial charge in [0.1, 0.15) is 28.4 Å². The van der Waals surface area contributed by atoms with Crippen molar-refractivity contribution >= 4 is 12.0 Å². The normalized spacial score (nSPS) is 13.8. The average Bonchev–Trinajstić information content (AvgIpc) is 2.71. The van der Waals surface area contributed by atoms with Crippen molar-refractivity contribution in [1.82, 2.24) is 0 Å². The van der Waals surface area contributed by atoms with Gasteiger partial charge in [0.2, 0.25) is 0 Å². The van der Waals surface area contributed by atoms with Gasteiger partial charge in [0.15, 0.2) is 0 Å². The van der Waals surface area contributed by atoms with E-state index >= 15 is 0 Å². The van der Waals surface area contributed by atoms with Gasteiger partial charge in [0.25, 0.3) is 0 Å². The fourth-order valence-corrected chi connectivity index (χ4v) is 3.72. The van der Waals surface area contributed by atoms with E-state index in [2.05, 4.69) is 0 Å². The third kappa shape index (κ3) is 4.93. The van der Waals surface area contributed by atoms with Crippen LogP contribution in [0.25, 0.3) is 6.08 Å². The van der Waals surface area contributed by atoms with Gasteiger partial charge in [-0.3, -0.25) is 0 Å². The summed E-state index contributed by atoms with van der Waals surface area (Å²) >= 11 is 0. The van der Waals surface area contributed by atoms with Gasteiger partial charge < -0.3 is 19.7 Å². The molecule has 1 aliphatic rings. The first-order valence-corrected chi connectivity index (χ1v) is 10.4. The summed E-state index contributed by atoms with van der Waals surface area (Å²) in [4.78, 5) is 12.7. The Bertz CT molecular complexity index is 1040. The van der Waals surface area contributed by atoms with E-state index in [0.717, 1.165) is 16.7 Å². The Morgan fingerprint density at radius 2 is 1.77 bits per heavy atom. The molecule has 31 heavy (non-hydrogen) atoms. The number of fused-ring (bicyclic) bond motifs is 1. The summed E-state index contributed by atoms with van der Waals surface area (Å²) in [5, 5.41) is 20.7. The number of hydrogen-bond donors (Lipinski definition) is 2. The minimum Gasteiger partial charge on any atom is -0.508 e. The first kappa shape index (κ1) is 22.5. The zero-order valence-electron chi connectivity index (χ0n) is 18.8. The molecule has 3 rings (SSSR count).